The molecule has 2 aromatic carbocycles. The minimum Gasteiger partial charge on any atom is -0.321 e. The highest BCUT2D eigenvalue weighted by atomic mass is 32.2. The number of nitrogens with one attached hydrogen (secondary N) is 1. The Labute approximate surface area is 168 Å². The Kier molecular flexibility index (Phi) is 6.50. The van der Waals surface area contributed by atoms with Crippen molar-refractivity contribution in [2.45, 2.75) is 22.2 Å². The van der Waals surface area contributed by atoms with Crippen LogP contribution in [0.4, 0.5) is 58.4 Å². The molecule has 1 N–H and O–H groups in total. The van der Waals surface area contributed by atoms with E-state index in [1.165, 1.54) is 5.32 Å². The fourth-order valence-corrected chi connectivity index (χ4v) is 2.91. The number of carbonyl (C=O) groups excluding carboxylic acids is 1. The Hall–Kier alpha value is -2.58. The van der Waals surface area contributed by atoms with Crippen molar-refractivity contribution in [3.8, 4) is 0 Å². The van der Waals surface area contributed by atoms with Gasteiger partial charge in [0.1, 0.15) is 5.56 Å². The number of hydrogen-bond donors (Lipinski definition) is 1. The molecule has 0 aromatic heterocycles. The highest BCUT2D eigenvalue weighted by Gasteiger charge is 2.73. The molecule has 0 heterocycles. The standard InChI is InChI=1S/C16H5F12NOS/c17-8-7(9(18)11(20)12(21)10(8)19)13(30)29-5-3-1-2-4-6(5)31-16(27,28)14(22,23)15(24,25)26/h1-4H,(H,29,30). The van der Waals surface area contributed by atoms with Gasteiger partial charge in [-0.05, 0) is 23.9 Å². The summed E-state index contributed by atoms with van der Waals surface area (Å²) in [6.07, 6.45) is -6.66. The molecule has 170 valence electrons. The third kappa shape index (κ3) is 4.41. The van der Waals surface area contributed by atoms with Crippen molar-refractivity contribution in [2.75, 3.05) is 5.32 Å². The summed E-state index contributed by atoms with van der Waals surface area (Å²) >= 11 is -1.35. The van der Waals surface area contributed by atoms with Crippen LogP contribution in [0, 0.1) is 29.1 Å². The van der Waals surface area contributed by atoms with Crippen LogP contribution < -0.4 is 5.32 Å². The number of amides is 1. The second kappa shape index (κ2) is 8.16. The summed E-state index contributed by atoms with van der Waals surface area (Å²) in [5, 5.41) is -4.37. The van der Waals surface area contributed by atoms with Crippen LogP contribution in [-0.2, 0) is 0 Å². The highest BCUT2D eigenvalue weighted by Crippen LogP contribution is 2.54. The Morgan fingerprint density at radius 1 is 0.742 bits per heavy atom. The van der Waals surface area contributed by atoms with Crippen LogP contribution in [0.15, 0.2) is 29.2 Å². The van der Waals surface area contributed by atoms with Gasteiger partial charge in [0.25, 0.3) is 5.91 Å². The molecular formula is C16H5F12NOS. The molecule has 0 aliphatic rings. The number of anilines is 1. The summed E-state index contributed by atoms with van der Waals surface area (Å²) in [4.78, 5) is 10.8. The van der Waals surface area contributed by atoms with Crippen molar-refractivity contribution in [2.24, 2.45) is 0 Å². The summed E-state index contributed by atoms with van der Waals surface area (Å²) in [5.41, 5.74) is -3.01. The Bertz CT molecular complexity index is 991. The average molecular weight is 487 g/mol. The van der Waals surface area contributed by atoms with Gasteiger partial charge in [-0.1, -0.05) is 12.1 Å². The van der Waals surface area contributed by atoms with Gasteiger partial charge in [0, 0.05) is 4.90 Å². The zero-order valence-corrected chi connectivity index (χ0v) is 15.0. The lowest BCUT2D eigenvalue weighted by Crippen LogP contribution is -2.49. The monoisotopic (exact) mass is 487 g/mol. The lowest BCUT2D eigenvalue weighted by Gasteiger charge is -2.28. The first-order valence-electron chi connectivity index (χ1n) is 7.46. The number of carbonyl (C=O) groups is 1. The van der Waals surface area contributed by atoms with Crippen molar-refractivity contribution >= 4 is 23.4 Å². The fourth-order valence-electron chi connectivity index (χ4n) is 2.02. The zero-order chi connectivity index (χ0) is 23.9. The van der Waals surface area contributed by atoms with E-state index in [1.807, 2.05) is 0 Å². The minimum absolute atomic E-state index is 0.541. The molecule has 0 radical (unpaired) electrons. The number of thioether (sulfide) groups is 1. The summed E-state index contributed by atoms with van der Waals surface area (Å²) in [6.45, 7) is 0. The van der Waals surface area contributed by atoms with Gasteiger partial charge in [-0.2, -0.15) is 30.7 Å². The minimum atomic E-state index is -6.66. The maximum atomic E-state index is 13.7. The van der Waals surface area contributed by atoms with Gasteiger partial charge in [-0.15, -0.1) is 0 Å². The maximum absolute atomic E-state index is 13.7. The lowest BCUT2D eigenvalue weighted by atomic mass is 10.1. The molecule has 0 atom stereocenters. The lowest BCUT2D eigenvalue weighted by molar-refractivity contribution is -0.330. The first kappa shape index (κ1) is 24.7. The van der Waals surface area contributed by atoms with Crippen molar-refractivity contribution < 1.29 is 57.5 Å². The third-order valence-electron chi connectivity index (χ3n) is 3.53. The summed E-state index contributed by atoms with van der Waals surface area (Å²) < 4.78 is 157. The van der Waals surface area contributed by atoms with E-state index in [1.54, 1.807) is 0 Å². The largest absolute Gasteiger partial charge is 0.460 e. The molecular weight excluding hydrogens is 482 g/mol. The van der Waals surface area contributed by atoms with E-state index in [9.17, 15) is 57.5 Å². The van der Waals surface area contributed by atoms with E-state index in [2.05, 4.69) is 0 Å². The molecule has 0 unspecified atom stereocenters. The van der Waals surface area contributed by atoms with Crippen LogP contribution in [0.1, 0.15) is 10.4 Å². The summed E-state index contributed by atoms with van der Waals surface area (Å²) in [5.74, 6) is -21.4. The maximum Gasteiger partial charge on any atom is 0.460 e. The molecule has 0 bridgehead atoms. The van der Waals surface area contributed by atoms with E-state index in [0.717, 1.165) is 12.1 Å². The number of halogens is 12. The predicted molar refractivity (Wildman–Crippen MR) is 82.4 cm³/mol. The zero-order valence-electron chi connectivity index (χ0n) is 14.2. The van der Waals surface area contributed by atoms with Crippen LogP contribution in [0.3, 0.4) is 0 Å². The van der Waals surface area contributed by atoms with E-state index in [0.29, 0.717) is 12.1 Å². The fraction of sp³-hybridized carbons (Fsp3) is 0.188. The van der Waals surface area contributed by atoms with Gasteiger partial charge >= 0.3 is 17.4 Å². The van der Waals surface area contributed by atoms with E-state index < -0.39 is 80.3 Å². The van der Waals surface area contributed by atoms with Crippen molar-refractivity contribution in [1.82, 2.24) is 0 Å². The van der Waals surface area contributed by atoms with E-state index in [4.69, 9.17) is 0 Å². The van der Waals surface area contributed by atoms with Gasteiger partial charge in [0.05, 0.1) is 5.69 Å². The molecule has 2 aromatic rings. The van der Waals surface area contributed by atoms with E-state index >= 15 is 0 Å². The second-order valence-electron chi connectivity index (χ2n) is 5.59. The predicted octanol–water partition coefficient (Wildman–Crippen LogP) is 6.52. The van der Waals surface area contributed by atoms with Crippen molar-refractivity contribution in [3.63, 3.8) is 0 Å². The van der Waals surface area contributed by atoms with E-state index in [-0.39, 0.29) is 0 Å². The number of para-hydroxylation sites is 1. The topological polar surface area (TPSA) is 29.1 Å². The summed E-state index contributed by atoms with van der Waals surface area (Å²) in [7, 11) is 0. The number of alkyl halides is 7. The third-order valence-corrected chi connectivity index (χ3v) is 4.62. The molecule has 1 amide bonds. The van der Waals surface area contributed by atoms with Crippen LogP contribution in [0.2, 0.25) is 0 Å². The molecule has 2 rings (SSSR count). The number of benzene rings is 2. The Morgan fingerprint density at radius 3 is 1.68 bits per heavy atom. The van der Waals surface area contributed by atoms with Gasteiger partial charge < -0.3 is 5.32 Å². The van der Waals surface area contributed by atoms with Crippen LogP contribution in [0.5, 0.6) is 0 Å². The molecule has 0 aliphatic carbocycles. The average Bonchev–Trinajstić information content (AvgIpc) is 2.65. The smallest absolute Gasteiger partial charge is 0.321 e. The van der Waals surface area contributed by atoms with Crippen molar-refractivity contribution in [3.05, 3.63) is 58.9 Å². The molecule has 15 heteroatoms. The Balaban J connectivity index is 2.44. The first-order chi connectivity index (χ1) is 14.0. The summed E-state index contributed by atoms with van der Waals surface area (Å²) in [6, 6.07) is 3.00. The Morgan fingerprint density at radius 2 is 1.19 bits per heavy atom. The second-order valence-corrected chi connectivity index (χ2v) is 6.74. The van der Waals surface area contributed by atoms with Crippen molar-refractivity contribution in [1.29, 1.82) is 0 Å². The van der Waals surface area contributed by atoms with Crippen LogP contribution in [-0.4, -0.2) is 23.3 Å². The SMILES string of the molecule is O=C(Nc1ccccc1SC(F)(F)C(F)(F)C(F)(F)F)c1c(F)c(F)c(F)c(F)c1F. The normalized spacial score (nSPS) is 12.8. The molecule has 0 aliphatic heterocycles. The highest BCUT2D eigenvalue weighted by molar-refractivity contribution is 8.00. The molecule has 0 spiro atoms. The quantitative estimate of drug-likeness (QED) is 0.225. The first-order valence-corrected chi connectivity index (χ1v) is 8.27. The van der Waals surface area contributed by atoms with Gasteiger partial charge in [0.2, 0.25) is 5.82 Å². The van der Waals surface area contributed by atoms with Crippen LogP contribution >= 0.6 is 11.8 Å². The van der Waals surface area contributed by atoms with Gasteiger partial charge in [-0.25, -0.2) is 22.0 Å². The van der Waals surface area contributed by atoms with Gasteiger partial charge in [-0.3, -0.25) is 4.79 Å². The van der Waals surface area contributed by atoms with Crippen LogP contribution in [0.25, 0.3) is 0 Å². The molecule has 0 saturated carbocycles. The van der Waals surface area contributed by atoms with Gasteiger partial charge in [0.15, 0.2) is 23.3 Å². The number of rotatable bonds is 5. The molecule has 2 nitrogen and oxygen atoms in total. The number of hydrogen-bond acceptors (Lipinski definition) is 2. The molecule has 0 fully saturated rings. The molecule has 0 saturated heterocycles. The molecule has 31 heavy (non-hydrogen) atoms.